The lowest BCUT2D eigenvalue weighted by Gasteiger charge is -2.20. The fraction of sp³-hybridized carbons (Fsp3) is 0.474. The second-order valence-corrected chi connectivity index (χ2v) is 7.06. The van der Waals surface area contributed by atoms with E-state index in [2.05, 4.69) is 10.3 Å². The number of rotatable bonds is 5. The van der Waals surface area contributed by atoms with Crippen LogP contribution in [0.2, 0.25) is 0 Å². The topological polar surface area (TPSA) is 107 Å². The van der Waals surface area contributed by atoms with Gasteiger partial charge in [-0.05, 0) is 25.8 Å². The van der Waals surface area contributed by atoms with Crippen molar-refractivity contribution in [2.75, 3.05) is 6.54 Å². The summed E-state index contributed by atoms with van der Waals surface area (Å²) in [6.45, 7) is 4.16. The molecule has 1 aromatic heterocycles. The van der Waals surface area contributed by atoms with Crippen molar-refractivity contribution >= 4 is 0 Å². The number of aromatic amines is 1. The summed E-state index contributed by atoms with van der Waals surface area (Å²) >= 11 is 0. The quantitative estimate of drug-likeness (QED) is 0.621. The smallest absolute Gasteiger partial charge is 0.328 e. The van der Waals surface area contributed by atoms with Gasteiger partial charge in [0.15, 0.2) is 0 Å². The van der Waals surface area contributed by atoms with Crippen LogP contribution < -0.4 is 16.6 Å². The minimum atomic E-state index is -1.06. The monoisotopic (exact) mass is 359 g/mol. The normalized spacial score (nSPS) is 26.8. The molecule has 1 saturated carbocycles. The maximum Gasteiger partial charge on any atom is 0.328 e. The number of aryl methyl sites for hydroxylation is 1. The Kier molecular flexibility index (Phi) is 5.41. The largest absolute Gasteiger partial charge is 0.390 e. The zero-order valence-corrected chi connectivity index (χ0v) is 14.9. The molecule has 5 atom stereocenters. The van der Waals surface area contributed by atoms with Crippen molar-refractivity contribution in [1.29, 1.82) is 0 Å². The van der Waals surface area contributed by atoms with Gasteiger partial charge >= 0.3 is 5.69 Å². The molecule has 1 aliphatic carbocycles. The molecule has 3 rings (SSSR count). The van der Waals surface area contributed by atoms with Crippen LogP contribution in [0.1, 0.15) is 36.6 Å². The van der Waals surface area contributed by atoms with E-state index in [0.29, 0.717) is 18.5 Å². The predicted molar refractivity (Wildman–Crippen MR) is 98.1 cm³/mol. The molecular weight excluding hydrogens is 334 g/mol. The van der Waals surface area contributed by atoms with Gasteiger partial charge < -0.3 is 15.5 Å². The van der Waals surface area contributed by atoms with Crippen LogP contribution >= 0.6 is 0 Å². The molecule has 7 heteroatoms. The lowest BCUT2D eigenvalue weighted by Crippen LogP contribution is -2.38. The van der Waals surface area contributed by atoms with Crippen molar-refractivity contribution in [3.05, 3.63) is 68.5 Å². The van der Waals surface area contributed by atoms with Crippen molar-refractivity contribution in [2.45, 2.75) is 44.6 Å². The van der Waals surface area contributed by atoms with Crippen molar-refractivity contribution in [1.82, 2.24) is 14.9 Å². The van der Waals surface area contributed by atoms with Crippen LogP contribution in [0, 0.1) is 12.8 Å². The van der Waals surface area contributed by atoms with Gasteiger partial charge in [0.2, 0.25) is 0 Å². The first-order valence-electron chi connectivity index (χ1n) is 8.85. The summed E-state index contributed by atoms with van der Waals surface area (Å²) in [6.07, 6.45) is -0.0988. The standard InChI is InChI=1S/C19H25N3O4/c1-11-10-22(19(26)21-18(11)25)15-8-14(16(23)17(15)24)9-20-12(2)13-6-4-3-5-7-13/h3-7,10,12,14-17,20,23-24H,8-9H2,1-2H3,(H,21,25,26)/t12-,14+,15-,16-,17-/m0/s1. The van der Waals surface area contributed by atoms with Gasteiger partial charge in [-0.1, -0.05) is 30.3 Å². The average molecular weight is 359 g/mol. The lowest BCUT2D eigenvalue weighted by atomic mass is 10.0. The van der Waals surface area contributed by atoms with E-state index in [1.807, 2.05) is 37.3 Å². The SMILES string of the molecule is Cc1cn([C@H]2C[C@H](CN[C@@H](C)c3ccccc3)[C@H](O)[C@H]2O)c(=O)[nH]c1=O. The van der Waals surface area contributed by atoms with Crippen LogP contribution in [0.4, 0.5) is 0 Å². The number of aliphatic hydroxyl groups excluding tert-OH is 2. The summed E-state index contributed by atoms with van der Waals surface area (Å²) in [4.78, 5) is 25.9. The average Bonchev–Trinajstić information content (AvgIpc) is 2.91. The summed E-state index contributed by atoms with van der Waals surface area (Å²) < 4.78 is 1.32. The van der Waals surface area contributed by atoms with Gasteiger partial charge in [0.05, 0.1) is 12.1 Å². The van der Waals surface area contributed by atoms with E-state index in [-0.39, 0.29) is 12.0 Å². The van der Waals surface area contributed by atoms with Gasteiger partial charge in [-0.25, -0.2) is 4.79 Å². The summed E-state index contributed by atoms with van der Waals surface area (Å²) in [5.41, 5.74) is 0.535. The highest BCUT2D eigenvalue weighted by molar-refractivity contribution is 5.18. The van der Waals surface area contributed by atoms with E-state index in [4.69, 9.17) is 0 Å². The Morgan fingerprint density at radius 2 is 1.92 bits per heavy atom. The summed E-state index contributed by atoms with van der Waals surface area (Å²) in [7, 11) is 0. The van der Waals surface area contributed by atoms with Crippen LogP contribution in [0.15, 0.2) is 46.1 Å². The summed E-state index contributed by atoms with van der Waals surface area (Å²) in [6, 6.07) is 9.52. The molecule has 0 unspecified atom stereocenters. The van der Waals surface area contributed by atoms with Crippen LogP contribution in [0.3, 0.4) is 0 Å². The highest BCUT2D eigenvalue weighted by atomic mass is 16.3. The molecular formula is C19H25N3O4. The number of hydrogen-bond acceptors (Lipinski definition) is 5. The fourth-order valence-corrected chi connectivity index (χ4v) is 3.60. The Morgan fingerprint density at radius 1 is 1.23 bits per heavy atom. The molecule has 2 aromatic rings. The molecule has 7 nitrogen and oxygen atoms in total. The number of hydrogen-bond donors (Lipinski definition) is 4. The van der Waals surface area contributed by atoms with E-state index < -0.39 is 29.5 Å². The molecule has 1 aromatic carbocycles. The van der Waals surface area contributed by atoms with Crippen LogP contribution in [-0.4, -0.2) is 38.5 Å². The van der Waals surface area contributed by atoms with Gasteiger partial charge in [-0.2, -0.15) is 0 Å². The zero-order valence-electron chi connectivity index (χ0n) is 14.9. The molecule has 4 N–H and O–H groups in total. The number of H-pyrrole nitrogens is 1. The van der Waals surface area contributed by atoms with Crippen LogP contribution in [-0.2, 0) is 0 Å². The number of nitrogens with zero attached hydrogens (tertiary/aromatic N) is 1. The van der Waals surface area contributed by atoms with Gasteiger partial charge in [0.1, 0.15) is 6.10 Å². The number of aromatic nitrogens is 2. The van der Waals surface area contributed by atoms with Crippen molar-refractivity contribution in [2.24, 2.45) is 5.92 Å². The minimum Gasteiger partial charge on any atom is -0.390 e. The van der Waals surface area contributed by atoms with Crippen molar-refractivity contribution < 1.29 is 10.2 Å². The molecule has 0 aliphatic heterocycles. The second-order valence-electron chi connectivity index (χ2n) is 7.06. The third-order valence-corrected chi connectivity index (χ3v) is 5.26. The number of aliphatic hydroxyl groups is 2. The molecule has 0 amide bonds. The summed E-state index contributed by atoms with van der Waals surface area (Å²) in [5.74, 6) is -0.194. The predicted octanol–water partition coefficient (Wildman–Crippen LogP) is 0.479. The minimum absolute atomic E-state index is 0.109. The molecule has 140 valence electrons. The van der Waals surface area contributed by atoms with Crippen LogP contribution in [0.25, 0.3) is 0 Å². The first-order chi connectivity index (χ1) is 12.4. The Bertz CT molecular complexity index is 861. The molecule has 1 fully saturated rings. The fourth-order valence-electron chi connectivity index (χ4n) is 3.60. The van der Waals surface area contributed by atoms with Gasteiger partial charge in [-0.3, -0.25) is 14.3 Å². The zero-order chi connectivity index (χ0) is 18.8. The first kappa shape index (κ1) is 18.6. The molecule has 0 saturated heterocycles. The lowest BCUT2D eigenvalue weighted by molar-refractivity contribution is 0.00538. The van der Waals surface area contributed by atoms with Crippen molar-refractivity contribution in [3.63, 3.8) is 0 Å². The van der Waals surface area contributed by atoms with Gasteiger partial charge in [0, 0.05) is 30.3 Å². The second kappa shape index (κ2) is 7.57. The summed E-state index contributed by atoms with van der Waals surface area (Å²) in [5, 5.41) is 24.2. The number of nitrogens with one attached hydrogen (secondary N) is 2. The highest BCUT2D eigenvalue weighted by Crippen LogP contribution is 2.34. The van der Waals surface area contributed by atoms with E-state index in [9.17, 15) is 19.8 Å². The highest BCUT2D eigenvalue weighted by Gasteiger charge is 2.42. The van der Waals surface area contributed by atoms with Crippen molar-refractivity contribution in [3.8, 4) is 0 Å². The molecule has 1 heterocycles. The maximum atomic E-state index is 12.1. The van der Waals surface area contributed by atoms with E-state index in [1.54, 1.807) is 6.92 Å². The Hall–Kier alpha value is -2.22. The van der Waals surface area contributed by atoms with E-state index in [0.717, 1.165) is 5.56 Å². The molecule has 26 heavy (non-hydrogen) atoms. The molecule has 0 radical (unpaired) electrons. The molecule has 1 aliphatic rings. The van der Waals surface area contributed by atoms with E-state index in [1.165, 1.54) is 10.8 Å². The molecule has 0 spiro atoms. The Balaban J connectivity index is 1.71. The maximum absolute atomic E-state index is 12.1. The van der Waals surface area contributed by atoms with Crippen LogP contribution in [0.5, 0.6) is 0 Å². The Morgan fingerprint density at radius 3 is 2.62 bits per heavy atom. The third kappa shape index (κ3) is 3.65. The third-order valence-electron chi connectivity index (χ3n) is 5.26. The first-order valence-corrected chi connectivity index (χ1v) is 8.85. The van der Waals surface area contributed by atoms with Gasteiger partial charge in [0.25, 0.3) is 5.56 Å². The number of benzene rings is 1. The Labute approximate surface area is 151 Å². The van der Waals surface area contributed by atoms with E-state index >= 15 is 0 Å². The molecule has 0 bridgehead atoms. The van der Waals surface area contributed by atoms with Gasteiger partial charge in [-0.15, -0.1) is 0 Å².